The number of allylic oxidation sites excluding steroid dienone is 7. The van der Waals surface area contributed by atoms with Crippen molar-refractivity contribution in [2.24, 2.45) is 0 Å². The van der Waals surface area contributed by atoms with Gasteiger partial charge in [0, 0.05) is 6.05 Å². The predicted octanol–water partition coefficient (Wildman–Crippen LogP) is 5.19. The van der Waals surface area contributed by atoms with Crippen molar-refractivity contribution in [1.82, 2.24) is 0 Å². The van der Waals surface area contributed by atoms with E-state index in [1.165, 1.54) is 0 Å². The molecule has 0 rings (SSSR count). The van der Waals surface area contributed by atoms with Crippen LogP contribution < -0.4 is 0 Å². The van der Waals surface area contributed by atoms with Gasteiger partial charge in [-0.25, -0.2) is 4.79 Å². The second-order valence-electron chi connectivity index (χ2n) is 5.11. The molecule has 130 valence electrons. The van der Waals surface area contributed by atoms with E-state index in [2.05, 4.69) is 6.92 Å². The molecule has 1 atom stereocenters. The van der Waals surface area contributed by atoms with Crippen LogP contribution in [0.2, 0.25) is 0 Å². The van der Waals surface area contributed by atoms with Gasteiger partial charge in [-0.1, -0.05) is 81.4 Å². The third kappa shape index (κ3) is 18.3. The monoisotopic (exact) mass is 328 g/mol. The van der Waals surface area contributed by atoms with Crippen LogP contribution in [0.5, 0.6) is 0 Å². The third-order valence-electron chi connectivity index (χ3n) is 3.05. The molecule has 0 aliphatic heterocycles. The Kier molecular flexibility index (Phi) is 8.04. The SMILES string of the molecule is [2H]C(CCCCCC(O)CCCCC)=C([2H])C([2H])=C([2H])C([2H])=C([2H])C([2H])=C([2H])C(=O)O. The average molecular weight is 329 g/mol. The van der Waals surface area contributed by atoms with Crippen LogP contribution in [-0.4, -0.2) is 22.3 Å². The van der Waals surface area contributed by atoms with Crippen molar-refractivity contribution in [2.75, 3.05) is 0 Å². The summed E-state index contributed by atoms with van der Waals surface area (Å²) in [4.78, 5) is 10.7. The molecule has 0 aromatic rings. The van der Waals surface area contributed by atoms with E-state index in [-0.39, 0.29) is 18.6 Å². The minimum absolute atomic E-state index is 0.185. The number of hydrogen-bond donors (Lipinski definition) is 2. The number of hydrogen-bond acceptors (Lipinski definition) is 2. The Hall–Kier alpha value is -1.61. The highest BCUT2D eigenvalue weighted by Crippen LogP contribution is 2.11. The smallest absolute Gasteiger partial charge is 0.328 e. The van der Waals surface area contributed by atoms with Crippen LogP contribution in [0.4, 0.5) is 0 Å². The van der Waals surface area contributed by atoms with Crippen molar-refractivity contribution >= 4 is 5.97 Å². The Morgan fingerprint density at radius 2 is 1.57 bits per heavy atom. The first-order valence-corrected chi connectivity index (χ1v) is 8.06. The molecular weight excluding hydrogens is 288 g/mol. The largest absolute Gasteiger partial charge is 0.478 e. The third-order valence-corrected chi connectivity index (χ3v) is 3.05. The summed E-state index contributed by atoms with van der Waals surface area (Å²) >= 11 is 0. The zero-order chi connectivity index (χ0) is 24.1. The van der Waals surface area contributed by atoms with Crippen molar-refractivity contribution in [3.05, 3.63) is 48.4 Å². The van der Waals surface area contributed by atoms with E-state index in [1.54, 1.807) is 0 Å². The maximum atomic E-state index is 10.7. The van der Waals surface area contributed by atoms with Crippen molar-refractivity contribution in [3.63, 3.8) is 0 Å². The number of aliphatic hydroxyl groups is 1. The van der Waals surface area contributed by atoms with Gasteiger partial charge in [0.05, 0.1) is 17.1 Å². The number of unbranched alkanes of at least 4 members (excludes halogenated alkanes) is 4. The summed E-state index contributed by atoms with van der Waals surface area (Å²) in [5.41, 5.74) is 0. The molecule has 2 N–H and O–H groups in total. The number of aliphatic hydroxyl groups excluding tert-OH is 1. The minimum atomic E-state index is -1.76. The van der Waals surface area contributed by atoms with E-state index in [9.17, 15) is 9.90 Å². The molecule has 1 unspecified atom stereocenters. The van der Waals surface area contributed by atoms with Crippen molar-refractivity contribution in [1.29, 1.82) is 0 Å². The molecule has 0 aliphatic carbocycles. The van der Waals surface area contributed by atoms with Gasteiger partial charge in [-0.15, -0.1) is 0 Å². The molecule has 23 heavy (non-hydrogen) atoms. The highest BCUT2D eigenvalue weighted by atomic mass is 16.4. The summed E-state index contributed by atoms with van der Waals surface area (Å²) in [7, 11) is 0. The van der Waals surface area contributed by atoms with Crippen LogP contribution in [0.3, 0.4) is 0 Å². The molecule has 0 radical (unpaired) electrons. The Balaban J connectivity index is 5.02. The number of rotatable bonds is 14. The standard InChI is InChI=1S/C20H32O3/c1-2-3-13-16-19(21)17-14-11-9-7-5-4-6-8-10-12-15-18-20(22)23/h4-6,8,10,12,15,18-19,21H,2-3,7,9,11,13-14,16-17H2,1H3,(H,22,23)/i4D,5D,6D,8D,10D,12D,15D,18D. The number of carbonyl (C=O) groups is 1. The molecule has 0 saturated heterocycles. The number of aliphatic carboxylic acids is 1. The molecule has 0 bridgehead atoms. The zero-order valence-corrected chi connectivity index (χ0v) is 13.7. The quantitative estimate of drug-likeness (QED) is 0.262. The summed E-state index contributed by atoms with van der Waals surface area (Å²) in [6.07, 6.45) is 6.57. The van der Waals surface area contributed by atoms with Gasteiger partial charge in [0.25, 0.3) is 0 Å². The second-order valence-corrected chi connectivity index (χ2v) is 5.11. The Morgan fingerprint density at radius 3 is 2.22 bits per heavy atom. The molecule has 0 fully saturated rings. The lowest BCUT2D eigenvalue weighted by Crippen LogP contribution is -2.05. The van der Waals surface area contributed by atoms with Crippen LogP contribution in [0.25, 0.3) is 0 Å². The Morgan fingerprint density at radius 1 is 0.957 bits per heavy atom. The summed E-state index contributed by atoms with van der Waals surface area (Å²) in [6, 6.07) is -6.72. The van der Waals surface area contributed by atoms with Gasteiger partial charge in [0.1, 0.15) is 0 Å². The van der Waals surface area contributed by atoms with Gasteiger partial charge >= 0.3 is 5.97 Å². The first kappa shape index (κ1) is 11.0. The first-order valence-electron chi connectivity index (χ1n) is 12.1. The lowest BCUT2D eigenvalue weighted by atomic mass is 10.0. The Bertz CT molecular complexity index is 741. The van der Waals surface area contributed by atoms with Gasteiger partial charge in [-0.05, 0) is 25.7 Å². The average Bonchev–Trinajstić information content (AvgIpc) is 2.74. The van der Waals surface area contributed by atoms with Crippen LogP contribution in [-0.2, 0) is 4.79 Å². The molecule has 0 spiro atoms. The van der Waals surface area contributed by atoms with E-state index in [0.717, 1.165) is 38.5 Å². The van der Waals surface area contributed by atoms with Crippen molar-refractivity contribution in [3.8, 4) is 0 Å². The van der Waals surface area contributed by atoms with Crippen LogP contribution in [0.15, 0.2) is 48.4 Å². The van der Waals surface area contributed by atoms with Gasteiger partial charge in [-0.3, -0.25) is 0 Å². The van der Waals surface area contributed by atoms with Crippen LogP contribution in [0.1, 0.15) is 75.7 Å². The van der Waals surface area contributed by atoms with Gasteiger partial charge < -0.3 is 10.2 Å². The summed E-state index contributed by atoms with van der Waals surface area (Å²) in [6.45, 7) is 2.10. The zero-order valence-electron chi connectivity index (χ0n) is 21.7. The molecule has 0 aromatic heterocycles. The predicted molar refractivity (Wildman–Crippen MR) is 97.4 cm³/mol. The van der Waals surface area contributed by atoms with Crippen molar-refractivity contribution < 1.29 is 26.0 Å². The normalized spacial score (nSPS) is 22.2. The molecular formula is C20H32O3. The molecule has 0 amide bonds. The summed E-state index contributed by atoms with van der Waals surface area (Å²) in [5.74, 6) is -1.76. The van der Waals surface area contributed by atoms with E-state index in [0.29, 0.717) is 12.8 Å². The fourth-order valence-electron chi connectivity index (χ4n) is 1.86. The van der Waals surface area contributed by atoms with Gasteiger partial charge in [-0.2, -0.15) is 0 Å². The van der Waals surface area contributed by atoms with Gasteiger partial charge in [0.2, 0.25) is 0 Å². The molecule has 0 saturated carbocycles. The number of carboxylic acids is 1. The highest BCUT2D eigenvalue weighted by Gasteiger charge is 2.02. The number of carboxylic acid groups (broad SMARTS) is 1. The molecule has 0 aliphatic rings. The van der Waals surface area contributed by atoms with E-state index in [4.69, 9.17) is 16.1 Å². The maximum Gasteiger partial charge on any atom is 0.328 e. The minimum Gasteiger partial charge on any atom is -0.478 e. The topological polar surface area (TPSA) is 57.5 Å². The summed E-state index contributed by atoms with van der Waals surface area (Å²) in [5, 5.41) is 18.6. The first-order chi connectivity index (χ1) is 14.4. The fraction of sp³-hybridized carbons (Fsp3) is 0.550. The van der Waals surface area contributed by atoms with E-state index in [1.807, 2.05) is 0 Å². The molecule has 0 aromatic carbocycles. The molecule has 0 heterocycles. The molecule has 3 nitrogen and oxygen atoms in total. The van der Waals surface area contributed by atoms with Crippen LogP contribution >= 0.6 is 0 Å². The highest BCUT2D eigenvalue weighted by molar-refractivity contribution is 5.80. The Labute approximate surface area is 152 Å². The maximum absolute atomic E-state index is 10.7. The lowest BCUT2D eigenvalue weighted by Gasteiger charge is -2.09. The van der Waals surface area contributed by atoms with Crippen molar-refractivity contribution in [2.45, 2.75) is 70.8 Å². The van der Waals surface area contributed by atoms with E-state index >= 15 is 0 Å². The second kappa shape index (κ2) is 16.8. The van der Waals surface area contributed by atoms with Gasteiger partial charge in [0.15, 0.2) is 0 Å². The molecule has 3 heteroatoms. The van der Waals surface area contributed by atoms with E-state index < -0.39 is 48.3 Å². The summed E-state index contributed by atoms with van der Waals surface area (Å²) < 4.78 is 61.4. The lowest BCUT2D eigenvalue weighted by molar-refractivity contribution is -0.131. The van der Waals surface area contributed by atoms with Crippen LogP contribution in [0, 0.1) is 0 Å². The fourth-order valence-corrected chi connectivity index (χ4v) is 1.86.